The molecule has 1 saturated heterocycles. The van der Waals surface area contributed by atoms with Gasteiger partial charge in [-0.1, -0.05) is 0 Å². The van der Waals surface area contributed by atoms with Crippen LogP contribution in [0.2, 0.25) is 0 Å². The zero-order valence-corrected chi connectivity index (χ0v) is 11.3. The predicted molar refractivity (Wildman–Crippen MR) is 68.3 cm³/mol. The van der Waals surface area contributed by atoms with Crippen LogP contribution in [0.5, 0.6) is 5.88 Å². The van der Waals surface area contributed by atoms with E-state index in [0.29, 0.717) is 0 Å². The van der Waals surface area contributed by atoms with Crippen LogP contribution >= 0.6 is 0 Å². The van der Waals surface area contributed by atoms with Crippen LogP contribution < -0.4 is 4.74 Å². The standard InChI is InChI=1S/C13H16N2O5/c1-19-11-9(4-3-5-14-11)12(17)15-7-8(16)6-10(15)13(18)20-2/h3-5,8,10,16H,6-7H2,1-2H3. The number of aromatic nitrogens is 1. The molecule has 2 rings (SSSR count). The molecule has 1 aliphatic heterocycles. The van der Waals surface area contributed by atoms with Gasteiger partial charge in [-0.15, -0.1) is 0 Å². The minimum atomic E-state index is -0.785. The maximum Gasteiger partial charge on any atom is 0.328 e. The van der Waals surface area contributed by atoms with Crippen LogP contribution in [0.15, 0.2) is 18.3 Å². The predicted octanol–water partition coefficient (Wildman–Crippen LogP) is -0.161. The summed E-state index contributed by atoms with van der Waals surface area (Å²) in [4.78, 5) is 29.4. The number of ether oxygens (including phenoxy) is 2. The minimum absolute atomic E-state index is 0.0800. The normalized spacial score (nSPS) is 21.6. The Morgan fingerprint density at radius 1 is 1.45 bits per heavy atom. The van der Waals surface area contributed by atoms with E-state index in [-0.39, 0.29) is 24.4 Å². The van der Waals surface area contributed by atoms with E-state index in [2.05, 4.69) is 9.72 Å². The molecule has 2 heterocycles. The first-order chi connectivity index (χ1) is 9.58. The summed E-state index contributed by atoms with van der Waals surface area (Å²) in [6, 6.07) is 2.38. The van der Waals surface area contributed by atoms with Gasteiger partial charge in [0.05, 0.1) is 20.3 Å². The summed E-state index contributed by atoms with van der Waals surface area (Å²) in [5.41, 5.74) is 0.248. The van der Waals surface area contributed by atoms with Gasteiger partial charge in [-0.2, -0.15) is 0 Å². The summed E-state index contributed by atoms with van der Waals surface area (Å²) >= 11 is 0. The summed E-state index contributed by atoms with van der Waals surface area (Å²) in [6.07, 6.45) is 0.929. The Bertz CT molecular complexity index is 519. The van der Waals surface area contributed by atoms with Gasteiger partial charge in [0.2, 0.25) is 5.88 Å². The van der Waals surface area contributed by atoms with E-state index in [9.17, 15) is 14.7 Å². The number of likely N-dealkylation sites (tertiary alicyclic amines) is 1. The highest BCUT2D eigenvalue weighted by Crippen LogP contribution is 2.24. The van der Waals surface area contributed by atoms with Crippen LogP contribution in [0.1, 0.15) is 16.8 Å². The molecule has 0 bridgehead atoms. The third kappa shape index (κ3) is 2.57. The molecule has 7 nitrogen and oxygen atoms in total. The molecule has 2 unspecified atom stereocenters. The van der Waals surface area contributed by atoms with E-state index in [4.69, 9.17) is 4.74 Å². The van der Waals surface area contributed by atoms with Gasteiger partial charge in [0.15, 0.2) is 0 Å². The smallest absolute Gasteiger partial charge is 0.328 e. The maximum absolute atomic E-state index is 12.5. The van der Waals surface area contributed by atoms with Crippen LogP contribution in [0.3, 0.4) is 0 Å². The Labute approximate surface area is 116 Å². The molecular formula is C13H16N2O5. The van der Waals surface area contributed by atoms with E-state index < -0.39 is 24.0 Å². The lowest BCUT2D eigenvalue weighted by Gasteiger charge is -2.22. The highest BCUT2D eigenvalue weighted by molar-refractivity contribution is 5.99. The SMILES string of the molecule is COC(=O)C1CC(O)CN1C(=O)c1cccnc1OC. The quantitative estimate of drug-likeness (QED) is 0.774. The van der Waals surface area contributed by atoms with Crippen molar-refractivity contribution in [3.63, 3.8) is 0 Å². The van der Waals surface area contributed by atoms with Crippen LogP contribution in [0.4, 0.5) is 0 Å². The maximum atomic E-state index is 12.5. The van der Waals surface area contributed by atoms with Gasteiger partial charge in [0, 0.05) is 19.2 Å². The summed E-state index contributed by atoms with van der Waals surface area (Å²) in [6.45, 7) is 0.0800. The number of β-amino-alcohol motifs (C(OH)–C–C–N with tert-alkyl or cyclic N) is 1. The van der Waals surface area contributed by atoms with Gasteiger partial charge in [-0.25, -0.2) is 9.78 Å². The van der Waals surface area contributed by atoms with Crippen molar-refractivity contribution in [2.75, 3.05) is 20.8 Å². The van der Waals surface area contributed by atoms with Gasteiger partial charge in [-0.3, -0.25) is 4.79 Å². The molecule has 1 aromatic heterocycles. The number of carbonyl (C=O) groups excluding carboxylic acids is 2. The Morgan fingerprint density at radius 2 is 2.20 bits per heavy atom. The lowest BCUT2D eigenvalue weighted by molar-refractivity contribution is -0.145. The number of nitrogens with zero attached hydrogens (tertiary/aromatic N) is 2. The average molecular weight is 280 g/mol. The average Bonchev–Trinajstić information content (AvgIpc) is 2.87. The summed E-state index contributed by atoms with van der Waals surface area (Å²) in [5.74, 6) is -0.776. The number of methoxy groups -OCH3 is 2. The van der Waals surface area contributed by atoms with Gasteiger partial charge in [0.25, 0.3) is 5.91 Å². The Hall–Kier alpha value is -2.15. The van der Waals surface area contributed by atoms with Gasteiger partial charge in [0.1, 0.15) is 11.6 Å². The number of carbonyl (C=O) groups is 2. The third-order valence-electron chi connectivity index (χ3n) is 3.21. The van der Waals surface area contributed by atoms with Gasteiger partial charge in [-0.05, 0) is 12.1 Å². The van der Waals surface area contributed by atoms with E-state index in [1.165, 1.54) is 25.3 Å². The zero-order chi connectivity index (χ0) is 14.7. The van der Waals surface area contributed by atoms with Gasteiger partial charge >= 0.3 is 5.97 Å². The van der Waals surface area contributed by atoms with Crippen LogP contribution in [-0.2, 0) is 9.53 Å². The molecule has 7 heteroatoms. The molecule has 0 spiro atoms. The fraction of sp³-hybridized carbons (Fsp3) is 0.462. The van der Waals surface area contributed by atoms with Crippen molar-refractivity contribution < 1.29 is 24.2 Å². The fourth-order valence-electron chi connectivity index (χ4n) is 2.27. The van der Waals surface area contributed by atoms with Crippen LogP contribution in [-0.4, -0.2) is 59.8 Å². The van der Waals surface area contributed by atoms with Crippen molar-refractivity contribution in [1.29, 1.82) is 0 Å². The van der Waals surface area contributed by atoms with Gasteiger partial charge < -0.3 is 19.5 Å². The molecule has 0 radical (unpaired) electrons. The van der Waals surface area contributed by atoms with Crippen molar-refractivity contribution in [2.24, 2.45) is 0 Å². The van der Waals surface area contributed by atoms with E-state index >= 15 is 0 Å². The molecule has 1 amide bonds. The molecular weight excluding hydrogens is 264 g/mol. The second kappa shape index (κ2) is 5.87. The van der Waals surface area contributed by atoms with E-state index in [1.54, 1.807) is 12.1 Å². The monoisotopic (exact) mass is 280 g/mol. The largest absolute Gasteiger partial charge is 0.480 e. The Balaban J connectivity index is 2.29. The number of aliphatic hydroxyl groups is 1. The third-order valence-corrected chi connectivity index (χ3v) is 3.21. The number of aliphatic hydroxyl groups excluding tert-OH is 1. The van der Waals surface area contributed by atoms with Crippen LogP contribution in [0, 0.1) is 0 Å². The lowest BCUT2D eigenvalue weighted by atomic mass is 10.2. The summed E-state index contributed by atoms with van der Waals surface area (Å²) in [5, 5.41) is 9.69. The fourth-order valence-corrected chi connectivity index (χ4v) is 2.27. The molecule has 0 aliphatic carbocycles. The first-order valence-electron chi connectivity index (χ1n) is 6.14. The van der Waals surface area contributed by atoms with Crippen molar-refractivity contribution in [3.8, 4) is 5.88 Å². The first kappa shape index (κ1) is 14.3. The number of pyridine rings is 1. The Morgan fingerprint density at radius 3 is 2.85 bits per heavy atom. The van der Waals surface area contributed by atoms with Crippen molar-refractivity contribution in [2.45, 2.75) is 18.6 Å². The molecule has 1 fully saturated rings. The second-order valence-corrected chi connectivity index (χ2v) is 4.45. The number of esters is 1. The molecule has 2 atom stereocenters. The van der Waals surface area contributed by atoms with E-state index in [0.717, 1.165) is 0 Å². The molecule has 108 valence electrons. The zero-order valence-electron chi connectivity index (χ0n) is 11.3. The lowest BCUT2D eigenvalue weighted by Crippen LogP contribution is -2.41. The van der Waals surface area contributed by atoms with E-state index in [1.807, 2.05) is 0 Å². The summed E-state index contributed by atoms with van der Waals surface area (Å²) < 4.78 is 9.70. The van der Waals surface area contributed by atoms with Crippen molar-refractivity contribution in [3.05, 3.63) is 23.9 Å². The Kier molecular flexibility index (Phi) is 4.19. The molecule has 1 aromatic rings. The first-order valence-corrected chi connectivity index (χ1v) is 6.14. The summed E-state index contributed by atoms with van der Waals surface area (Å²) in [7, 11) is 2.66. The van der Waals surface area contributed by atoms with Crippen LogP contribution in [0.25, 0.3) is 0 Å². The molecule has 0 aromatic carbocycles. The topological polar surface area (TPSA) is 89.0 Å². The van der Waals surface area contributed by atoms with Crippen molar-refractivity contribution in [1.82, 2.24) is 9.88 Å². The highest BCUT2D eigenvalue weighted by Gasteiger charge is 2.40. The molecule has 20 heavy (non-hydrogen) atoms. The van der Waals surface area contributed by atoms with Crippen molar-refractivity contribution >= 4 is 11.9 Å². The number of rotatable bonds is 3. The number of hydrogen-bond acceptors (Lipinski definition) is 6. The molecule has 0 saturated carbocycles. The molecule has 1 N–H and O–H groups in total. The highest BCUT2D eigenvalue weighted by atomic mass is 16.5. The number of amides is 1. The number of hydrogen-bond donors (Lipinski definition) is 1. The molecule has 1 aliphatic rings. The second-order valence-electron chi connectivity index (χ2n) is 4.45. The minimum Gasteiger partial charge on any atom is -0.480 e.